The number of carbonyl (C=O) groups is 1. The van der Waals surface area contributed by atoms with Crippen molar-refractivity contribution in [3.05, 3.63) is 50.2 Å². The molecule has 4 N–H and O–H groups in total. The molecular weight excluding hydrogens is 322 g/mol. The van der Waals surface area contributed by atoms with Gasteiger partial charge in [0.25, 0.3) is 11.2 Å². The van der Waals surface area contributed by atoms with E-state index in [1.54, 1.807) is 0 Å². The van der Waals surface area contributed by atoms with Gasteiger partial charge in [-0.25, -0.2) is 14.8 Å². The van der Waals surface area contributed by atoms with Crippen molar-refractivity contribution in [1.82, 2.24) is 19.9 Å². The van der Waals surface area contributed by atoms with Crippen LogP contribution in [0, 0.1) is 10.1 Å². The summed E-state index contributed by atoms with van der Waals surface area (Å²) in [5.74, 6) is -1.41. The van der Waals surface area contributed by atoms with E-state index < -0.39 is 22.1 Å². The van der Waals surface area contributed by atoms with Crippen LogP contribution in [0.2, 0.25) is 0 Å². The molecule has 0 radical (unpaired) electrons. The van der Waals surface area contributed by atoms with Gasteiger partial charge >= 0.3 is 5.97 Å². The van der Waals surface area contributed by atoms with Crippen molar-refractivity contribution in [2.45, 2.75) is 6.61 Å². The van der Waals surface area contributed by atoms with Crippen LogP contribution in [0.25, 0.3) is 22.4 Å². The fraction of sp³-hybridized carbons (Fsp3) is 0.0769. The molecule has 2 heterocycles. The number of aromatic nitrogens is 4. The van der Waals surface area contributed by atoms with Crippen molar-refractivity contribution in [3.63, 3.8) is 0 Å². The Bertz CT molecular complexity index is 1040. The Labute approximate surface area is 131 Å². The first kappa shape index (κ1) is 15.3. The summed E-state index contributed by atoms with van der Waals surface area (Å²) in [6, 6.07) is 2.32. The number of benzene rings is 1. The highest BCUT2D eigenvalue weighted by Crippen LogP contribution is 2.31. The molecule has 0 aliphatic rings. The van der Waals surface area contributed by atoms with Crippen LogP contribution in [-0.4, -0.2) is 41.0 Å². The number of nitro benzene ring substituents is 1. The first-order valence-corrected chi connectivity index (χ1v) is 6.52. The number of aliphatic hydroxyl groups is 1. The summed E-state index contributed by atoms with van der Waals surface area (Å²) in [4.78, 5) is 45.9. The summed E-state index contributed by atoms with van der Waals surface area (Å²) in [5.41, 5.74) is -1.65. The van der Waals surface area contributed by atoms with Crippen LogP contribution in [0.1, 0.15) is 16.2 Å². The van der Waals surface area contributed by atoms with Gasteiger partial charge in [0.05, 0.1) is 33.8 Å². The van der Waals surface area contributed by atoms with Crippen LogP contribution in [0.4, 0.5) is 5.69 Å². The Kier molecular flexibility index (Phi) is 3.54. The lowest BCUT2D eigenvalue weighted by atomic mass is 10.1. The first-order valence-electron chi connectivity index (χ1n) is 6.52. The van der Waals surface area contributed by atoms with E-state index >= 15 is 0 Å². The number of aromatic carboxylic acids is 1. The molecule has 0 spiro atoms. The van der Waals surface area contributed by atoms with Crippen LogP contribution < -0.4 is 5.56 Å². The molecule has 3 rings (SSSR count). The molecule has 0 bridgehead atoms. The van der Waals surface area contributed by atoms with E-state index in [4.69, 9.17) is 10.2 Å². The van der Waals surface area contributed by atoms with E-state index in [1.165, 1.54) is 12.3 Å². The molecule has 3 aromatic rings. The zero-order chi connectivity index (χ0) is 17.4. The van der Waals surface area contributed by atoms with Crippen LogP contribution >= 0.6 is 0 Å². The van der Waals surface area contributed by atoms with Gasteiger partial charge in [0, 0.05) is 12.3 Å². The van der Waals surface area contributed by atoms with Gasteiger partial charge in [0.15, 0.2) is 0 Å². The molecule has 11 heteroatoms. The summed E-state index contributed by atoms with van der Waals surface area (Å²) in [5, 5.41) is 29.3. The predicted molar refractivity (Wildman–Crippen MR) is 79.5 cm³/mol. The van der Waals surface area contributed by atoms with Gasteiger partial charge in [-0.05, 0) is 6.07 Å². The zero-order valence-corrected chi connectivity index (χ0v) is 11.8. The zero-order valence-electron chi connectivity index (χ0n) is 11.8. The minimum Gasteiger partial charge on any atom is -0.476 e. The Hall–Kier alpha value is -3.60. The molecule has 0 saturated heterocycles. The summed E-state index contributed by atoms with van der Waals surface area (Å²) >= 11 is 0. The van der Waals surface area contributed by atoms with Crippen molar-refractivity contribution >= 4 is 22.7 Å². The highest BCUT2D eigenvalue weighted by molar-refractivity contribution is 5.90. The number of carboxylic acid groups (broad SMARTS) is 1. The molecule has 122 valence electrons. The van der Waals surface area contributed by atoms with E-state index in [2.05, 4.69) is 19.9 Å². The van der Waals surface area contributed by atoms with Gasteiger partial charge in [-0.1, -0.05) is 0 Å². The lowest BCUT2D eigenvalue weighted by Gasteiger charge is -2.04. The number of rotatable bonds is 4. The lowest BCUT2D eigenvalue weighted by Crippen LogP contribution is -2.19. The number of aliphatic hydroxyl groups excluding tert-OH is 1. The molecule has 2 aromatic heterocycles. The fourth-order valence-electron chi connectivity index (χ4n) is 2.19. The number of fused-ring (bicyclic) bond motifs is 1. The first-order chi connectivity index (χ1) is 11.4. The van der Waals surface area contributed by atoms with Crippen LogP contribution in [-0.2, 0) is 6.61 Å². The molecule has 1 aromatic carbocycles. The second kappa shape index (κ2) is 5.55. The summed E-state index contributed by atoms with van der Waals surface area (Å²) < 4.78 is 0. The maximum atomic E-state index is 11.6. The molecule has 11 nitrogen and oxygen atoms in total. The number of aromatic amines is 2. The number of nitro groups is 1. The lowest BCUT2D eigenvalue weighted by molar-refractivity contribution is -0.384. The van der Waals surface area contributed by atoms with E-state index in [9.17, 15) is 19.7 Å². The third-order valence-corrected chi connectivity index (χ3v) is 3.26. The average molecular weight is 331 g/mol. The van der Waals surface area contributed by atoms with Crippen LogP contribution in [0.5, 0.6) is 0 Å². The van der Waals surface area contributed by atoms with E-state index in [0.29, 0.717) is 0 Å². The standard InChI is InChI=1S/C13H9N5O6/c19-4-5-3-14-11(15-5)6-1-7-8(2-9(6)18(23)24)17-12(20)10(16-7)13(21)22/h1-3,19H,4H2,(H,14,15)(H,17,20)(H,21,22). The Morgan fingerprint density at radius 2 is 2.08 bits per heavy atom. The van der Waals surface area contributed by atoms with Crippen LogP contribution in [0.15, 0.2) is 23.1 Å². The molecular formula is C13H9N5O6. The number of H-pyrrole nitrogens is 2. The number of hydrogen-bond acceptors (Lipinski definition) is 7. The van der Waals surface area contributed by atoms with Gasteiger partial charge in [-0.15, -0.1) is 0 Å². The smallest absolute Gasteiger partial charge is 0.360 e. The second-order valence-electron chi connectivity index (χ2n) is 4.76. The Morgan fingerprint density at radius 1 is 1.33 bits per heavy atom. The molecule has 0 amide bonds. The number of imidazole rings is 1. The van der Waals surface area contributed by atoms with Gasteiger partial charge in [-0.2, -0.15) is 0 Å². The Balaban J connectivity index is 2.32. The molecule has 0 atom stereocenters. The van der Waals surface area contributed by atoms with E-state index in [1.807, 2.05) is 0 Å². The summed E-state index contributed by atoms with van der Waals surface area (Å²) in [7, 11) is 0. The number of nitrogens with zero attached hydrogens (tertiary/aromatic N) is 3. The molecule has 0 aliphatic heterocycles. The van der Waals surface area contributed by atoms with Crippen molar-refractivity contribution < 1.29 is 19.9 Å². The van der Waals surface area contributed by atoms with E-state index in [-0.39, 0.29) is 40.4 Å². The second-order valence-corrected chi connectivity index (χ2v) is 4.76. The van der Waals surface area contributed by atoms with Crippen molar-refractivity contribution in [3.8, 4) is 11.4 Å². The third-order valence-electron chi connectivity index (χ3n) is 3.26. The van der Waals surface area contributed by atoms with Gasteiger partial charge in [0.2, 0.25) is 5.69 Å². The SMILES string of the molecule is O=C(O)c1nc2cc(-c3nc(CO)c[nH]3)c([N+](=O)[O-])cc2[nH]c1=O. The number of hydrogen-bond donors (Lipinski definition) is 4. The van der Waals surface area contributed by atoms with Crippen molar-refractivity contribution in [2.24, 2.45) is 0 Å². The van der Waals surface area contributed by atoms with Gasteiger partial charge in [-0.3, -0.25) is 14.9 Å². The maximum absolute atomic E-state index is 11.6. The molecule has 0 fully saturated rings. The van der Waals surface area contributed by atoms with Gasteiger partial charge < -0.3 is 20.2 Å². The van der Waals surface area contributed by atoms with Crippen molar-refractivity contribution in [1.29, 1.82) is 0 Å². The molecule has 0 unspecified atom stereocenters. The monoisotopic (exact) mass is 331 g/mol. The normalized spacial score (nSPS) is 10.9. The molecule has 24 heavy (non-hydrogen) atoms. The Morgan fingerprint density at radius 3 is 2.67 bits per heavy atom. The number of nitrogens with one attached hydrogen (secondary N) is 2. The summed E-state index contributed by atoms with van der Waals surface area (Å²) in [6.45, 7) is -0.355. The minimum atomic E-state index is -1.52. The van der Waals surface area contributed by atoms with Crippen LogP contribution in [0.3, 0.4) is 0 Å². The number of carboxylic acids is 1. The topological polar surface area (TPSA) is 175 Å². The predicted octanol–water partition coefficient (Wildman–Crippen LogP) is 0.412. The quantitative estimate of drug-likeness (QED) is 0.392. The van der Waals surface area contributed by atoms with Crippen molar-refractivity contribution in [2.75, 3.05) is 0 Å². The summed E-state index contributed by atoms with van der Waals surface area (Å²) in [6.07, 6.45) is 1.38. The average Bonchev–Trinajstić information content (AvgIpc) is 3.01. The van der Waals surface area contributed by atoms with E-state index in [0.717, 1.165) is 6.07 Å². The largest absolute Gasteiger partial charge is 0.476 e. The maximum Gasteiger partial charge on any atom is 0.360 e. The molecule has 0 aliphatic carbocycles. The van der Waals surface area contributed by atoms with Gasteiger partial charge in [0.1, 0.15) is 5.82 Å². The third kappa shape index (κ3) is 2.48. The fourth-order valence-corrected chi connectivity index (χ4v) is 2.19. The molecule has 0 saturated carbocycles. The minimum absolute atomic E-state index is 0.0226. The highest BCUT2D eigenvalue weighted by atomic mass is 16.6. The highest BCUT2D eigenvalue weighted by Gasteiger charge is 2.21.